The van der Waals surface area contributed by atoms with E-state index in [0.29, 0.717) is 28.5 Å². The number of aromatic nitrogens is 2. The number of rotatable bonds is 4. The number of aromatic amines is 1. The first-order valence-corrected chi connectivity index (χ1v) is 9.74. The largest absolute Gasteiger partial charge is 0.356 e. The lowest BCUT2D eigenvalue weighted by molar-refractivity contribution is 0.0954. The van der Waals surface area contributed by atoms with Crippen molar-refractivity contribution in [1.29, 1.82) is 0 Å². The van der Waals surface area contributed by atoms with Crippen LogP contribution in [0.1, 0.15) is 26.6 Å². The van der Waals surface area contributed by atoms with Crippen molar-refractivity contribution in [2.24, 2.45) is 0 Å². The molecule has 2 aromatic heterocycles. The van der Waals surface area contributed by atoms with Gasteiger partial charge in [-0.25, -0.2) is 9.37 Å². The van der Waals surface area contributed by atoms with Crippen LogP contribution in [0, 0.1) is 19.7 Å². The lowest BCUT2D eigenvalue weighted by atomic mass is 10.0. The average molecular weight is 402 g/mol. The fourth-order valence-electron chi connectivity index (χ4n) is 3.33. The molecule has 4 nitrogen and oxygen atoms in total. The number of hydrogen-bond donors (Lipinski definition) is 2. The Kier molecular flexibility index (Phi) is 4.61. The molecule has 2 aromatic carbocycles. The zero-order valence-corrected chi connectivity index (χ0v) is 16.4. The van der Waals surface area contributed by atoms with Crippen molar-refractivity contribution in [3.63, 3.8) is 0 Å². The summed E-state index contributed by atoms with van der Waals surface area (Å²) in [7, 11) is 0. The van der Waals surface area contributed by atoms with E-state index in [1.165, 1.54) is 17.4 Å². The second-order valence-electron chi connectivity index (χ2n) is 6.48. The lowest BCUT2D eigenvalue weighted by Crippen LogP contribution is -2.25. The molecule has 0 unspecified atom stereocenters. The summed E-state index contributed by atoms with van der Waals surface area (Å²) in [5, 5.41) is 4.81. The van der Waals surface area contributed by atoms with Crippen LogP contribution in [0.3, 0.4) is 0 Å². The fraction of sp³-hybridized carbons (Fsp3) is 0.200. The molecule has 4 aromatic rings. The van der Waals surface area contributed by atoms with E-state index >= 15 is 0 Å². The second-order valence-corrected chi connectivity index (χ2v) is 7.95. The molecule has 2 N–H and O–H groups in total. The Bertz CT molecular complexity index is 1180. The van der Waals surface area contributed by atoms with Crippen molar-refractivity contribution in [2.75, 3.05) is 6.54 Å². The Morgan fingerprint density at radius 3 is 2.93 bits per heavy atom. The number of nitrogens with one attached hydrogen (secondary N) is 2. The normalized spacial score (nSPS) is 11.4. The van der Waals surface area contributed by atoms with Crippen molar-refractivity contribution in [2.45, 2.75) is 20.3 Å². The predicted octanol–water partition coefficient (Wildman–Crippen LogP) is 5.16. The number of carbonyl (C=O) groups is 1. The number of halogens is 2. The molecule has 0 aliphatic rings. The predicted molar refractivity (Wildman–Crippen MR) is 108 cm³/mol. The lowest BCUT2D eigenvalue weighted by Gasteiger charge is -2.05. The summed E-state index contributed by atoms with van der Waals surface area (Å²) < 4.78 is 15.0. The van der Waals surface area contributed by atoms with Gasteiger partial charge in [0.1, 0.15) is 5.82 Å². The number of benzene rings is 2. The summed E-state index contributed by atoms with van der Waals surface area (Å²) in [5.74, 6) is -0.477. The number of H-pyrrole nitrogens is 1. The molecule has 0 spiro atoms. The molecule has 0 atom stereocenters. The molecule has 0 radical (unpaired) electrons. The van der Waals surface area contributed by atoms with Crippen molar-refractivity contribution in [1.82, 2.24) is 15.3 Å². The zero-order chi connectivity index (χ0) is 19.1. The Labute approximate surface area is 164 Å². The van der Waals surface area contributed by atoms with Gasteiger partial charge in [-0.05, 0) is 55.7 Å². The Balaban J connectivity index is 1.51. The quantitative estimate of drug-likeness (QED) is 0.496. The molecule has 138 valence electrons. The molecule has 4 rings (SSSR count). The van der Waals surface area contributed by atoms with Gasteiger partial charge < -0.3 is 10.3 Å². The van der Waals surface area contributed by atoms with Crippen LogP contribution < -0.4 is 5.32 Å². The third-order valence-electron chi connectivity index (χ3n) is 4.63. The summed E-state index contributed by atoms with van der Waals surface area (Å²) in [6.07, 6.45) is 0.610. The highest BCUT2D eigenvalue weighted by Crippen LogP contribution is 2.28. The maximum absolute atomic E-state index is 14.0. The Morgan fingerprint density at radius 1 is 1.30 bits per heavy atom. The molecule has 0 aliphatic carbocycles. The third-order valence-corrected chi connectivity index (χ3v) is 5.90. The minimum Gasteiger partial charge on any atom is -0.356 e. The number of hydrogen-bond acceptors (Lipinski definition) is 3. The minimum absolute atomic E-state index is 0.215. The van der Waals surface area contributed by atoms with Crippen LogP contribution >= 0.6 is 22.9 Å². The van der Waals surface area contributed by atoms with Crippen LogP contribution in [0.2, 0.25) is 5.02 Å². The molecule has 0 saturated heterocycles. The van der Waals surface area contributed by atoms with Gasteiger partial charge in [0.15, 0.2) is 5.01 Å². The number of fused-ring (bicyclic) bond motifs is 2. The molecular weight excluding hydrogens is 385 g/mol. The summed E-state index contributed by atoms with van der Waals surface area (Å²) in [6, 6.07) is 8.64. The smallest absolute Gasteiger partial charge is 0.280 e. The first-order chi connectivity index (χ1) is 12.9. The van der Waals surface area contributed by atoms with Crippen molar-refractivity contribution >= 4 is 50.0 Å². The molecule has 1 amide bonds. The molecule has 0 bridgehead atoms. The highest BCUT2D eigenvalue weighted by Gasteiger charge is 2.16. The molecule has 0 aliphatic heterocycles. The van der Waals surface area contributed by atoms with Gasteiger partial charge in [-0.15, -0.1) is 11.3 Å². The van der Waals surface area contributed by atoms with E-state index in [2.05, 4.69) is 15.3 Å². The van der Waals surface area contributed by atoms with Crippen molar-refractivity contribution in [3.8, 4) is 0 Å². The van der Waals surface area contributed by atoms with E-state index in [1.807, 2.05) is 19.9 Å². The summed E-state index contributed by atoms with van der Waals surface area (Å²) in [4.78, 5) is 19.9. The maximum atomic E-state index is 14.0. The van der Waals surface area contributed by atoms with Gasteiger partial charge in [-0.3, -0.25) is 4.79 Å². The number of nitrogens with zero attached hydrogens (tertiary/aromatic N) is 1. The number of aryl methyl sites for hydroxylation is 2. The first-order valence-electron chi connectivity index (χ1n) is 8.54. The SMILES string of the molecule is Cc1[nH]c2c(F)ccc(C)c2c1CCNC(=O)c1nc2cc(Cl)ccc2s1. The van der Waals surface area contributed by atoms with E-state index in [4.69, 9.17) is 11.6 Å². The summed E-state index contributed by atoms with van der Waals surface area (Å²) in [5.41, 5.74) is 4.20. The second kappa shape index (κ2) is 6.94. The number of carbonyl (C=O) groups excluding carboxylic acids is 1. The van der Waals surface area contributed by atoms with E-state index in [1.54, 1.807) is 18.2 Å². The van der Waals surface area contributed by atoms with Gasteiger partial charge in [0.25, 0.3) is 5.91 Å². The van der Waals surface area contributed by atoms with Crippen LogP contribution in [0.25, 0.3) is 21.1 Å². The Morgan fingerprint density at radius 2 is 2.11 bits per heavy atom. The molecule has 0 fully saturated rings. The van der Waals surface area contributed by atoms with Crippen LogP contribution in [0.15, 0.2) is 30.3 Å². The van der Waals surface area contributed by atoms with Gasteiger partial charge in [0.05, 0.1) is 15.7 Å². The van der Waals surface area contributed by atoms with Crippen LogP contribution in [0.5, 0.6) is 0 Å². The van der Waals surface area contributed by atoms with E-state index in [0.717, 1.165) is 32.4 Å². The molecule has 0 saturated carbocycles. The van der Waals surface area contributed by atoms with Gasteiger partial charge in [-0.2, -0.15) is 0 Å². The highest BCUT2D eigenvalue weighted by atomic mass is 35.5. The van der Waals surface area contributed by atoms with E-state index in [9.17, 15) is 9.18 Å². The third kappa shape index (κ3) is 3.31. The van der Waals surface area contributed by atoms with Crippen LogP contribution in [-0.4, -0.2) is 22.4 Å². The molecule has 27 heavy (non-hydrogen) atoms. The van der Waals surface area contributed by atoms with Gasteiger partial charge in [0, 0.05) is 22.6 Å². The maximum Gasteiger partial charge on any atom is 0.280 e. The van der Waals surface area contributed by atoms with Crippen molar-refractivity contribution < 1.29 is 9.18 Å². The standard InChI is InChI=1S/C20H17ClFN3OS/c1-10-3-5-14(22)18-17(10)13(11(2)24-18)7-8-23-19(26)20-25-15-9-12(21)4-6-16(15)27-20/h3-6,9,24H,7-8H2,1-2H3,(H,23,26). The molecule has 2 heterocycles. The van der Waals surface area contributed by atoms with Gasteiger partial charge in [-0.1, -0.05) is 17.7 Å². The average Bonchev–Trinajstić information content (AvgIpc) is 3.20. The van der Waals surface area contributed by atoms with Crippen molar-refractivity contribution in [3.05, 3.63) is 63.0 Å². The van der Waals surface area contributed by atoms with E-state index < -0.39 is 0 Å². The fourth-order valence-corrected chi connectivity index (χ4v) is 4.36. The number of thiazole rings is 1. The topological polar surface area (TPSA) is 57.8 Å². The highest BCUT2D eigenvalue weighted by molar-refractivity contribution is 7.20. The Hall–Kier alpha value is -2.44. The van der Waals surface area contributed by atoms with Crippen LogP contribution in [0.4, 0.5) is 4.39 Å². The van der Waals surface area contributed by atoms with Crippen LogP contribution in [-0.2, 0) is 6.42 Å². The van der Waals surface area contributed by atoms with Gasteiger partial charge in [0.2, 0.25) is 0 Å². The minimum atomic E-state index is -0.262. The molecule has 7 heteroatoms. The summed E-state index contributed by atoms with van der Waals surface area (Å²) >= 11 is 7.30. The zero-order valence-electron chi connectivity index (χ0n) is 14.8. The number of amides is 1. The molecular formula is C20H17ClFN3OS. The first kappa shape index (κ1) is 17.9. The van der Waals surface area contributed by atoms with Gasteiger partial charge >= 0.3 is 0 Å². The van der Waals surface area contributed by atoms with E-state index in [-0.39, 0.29) is 11.7 Å². The monoisotopic (exact) mass is 401 g/mol. The summed E-state index contributed by atoms with van der Waals surface area (Å²) in [6.45, 7) is 4.33.